The number of aromatic hydroxyl groups is 2. The van der Waals surface area contributed by atoms with Crippen molar-refractivity contribution < 1.29 is 18.6 Å². The van der Waals surface area contributed by atoms with Gasteiger partial charge in [-0.1, -0.05) is 12.1 Å². The molecule has 116 valence electrons. The van der Waals surface area contributed by atoms with E-state index in [9.17, 15) is 18.6 Å². The Bertz CT molecular complexity index is 829. The fourth-order valence-corrected chi connectivity index (χ4v) is 2.63. The van der Waals surface area contributed by atoms with Gasteiger partial charge in [-0.2, -0.15) is 13.5 Å². The normalized spacial score (nSPS) is 11.7. The van der Waals surface area contributed by atoms with Gasteiger partial charge in [-0.25, -0.2) is 4.83 Å². The molecule has 0 spiro atoms. The van der Waals surface area contributed by atoms with E-state index in [1.165, 1.54) is 24.3 Å². The smallest absolute Gasteiger partial charge is 0.276 e. The van der Waals surface area contributed by atoms with Gasteiger partial charge in [0.1, 0.15) is 0 Å². The number of sulfonamides is 1. The van der Waals surface area contributed by atoms with Gasteiger partial charge >= 0.3 is 0 Å². The van der Waals surface area contributed by atoms with Gasteiger partial charge in [-0.15, -0.1) is 0 Å². The van der Waals surface area contributed by atoms with Crippen molar-refractivity contribution >= 4 is 16.2 Å². The molecule has 0 unspecified atom stereocenters. The van der Waals surface area contributed by atoms with Crippen LogP contribution in [0.25, 0.3) is 0 Å². The van der Waals surface area contributed by atoms with Crippen LogP contribution in [0.4, 0.5) is 0 Å². The van der Waals surface area contributed by atoms with Crippen LogP contribution in [0.5, 0.6) is 11.5 Å². The number of hydrazone groups is 1. The fourth-order valence-electron chi connectivity index (χ4n) is 1.75. The van der Waals surface area contributed by atoms with Gasteiger partial charge in [-0.05, 0) is 49.2 Å². The SMILES string of the molecule is Cc1ccc(S(=O)(=O)N/N=C/c2cccc(O)c2O)cc1C. The maximum Gasteiger partial charge on any atom is 0.276 e. The highest BCUT2D eigenvalue weighted by Crippen LogP contribution is 2.26. The Kier molecular flexibility index (Phi) is 4.37. The second kappa shape index (κ2) is 6.07. The number of nitrogens with one attached hydrogen (secondary N) is 1. The first-order valence-electron chi connectivity index (χ1n) is 6.44. The molecule has 0 atom stereocenters. The second-order valence-electron chi connectivity index (χ2n) is 4.81. The predicted molar refractivity (Wildman–Crippen MR) is 83.6 cm³/mol. The average Bonchev–Trinajstić information content (AvgIpc) is 2.46. The highest BCUT2D eigenvalue weighted by Gasteiger charge is 2.13. The summed E-state index contributed by atoms with van der Waals surface area (Å²) in [7, 11) is -3.78. The van der Waals surface area contributed by atoms with Crippen LogP contribution < -0.4 is 4.83 Å². The highest BCUT2D eigenvalue weighted by molar-refractivity contribution is 7.89. The summed E-state index contributed by atoms with van der Waals surface area (Å²) < 4.78 is 24.2. The molecule has 2 aromatic rings. The number of rotatable bonds is 4. The van der Waals surface area contributed by atoms with E-state index >= 15 is 0 Å². The maximum absolute atomic E-state index is 12.1. The molecule has 0 amide bonds. The van der Waals surface area contributed by atoms with Crippen molar-refractivity contribution in [3.63, 3.8) is 0 Å². The molecular formula is C15H16N2O4S. The summed E-state index contributed by atoms with van der Waals surface area (Å²) in [6.07, 6.45) is 1.12. The van der Waals surface area contributed by atoms with Crippen LogP contribution in [-0.2, 0) is 10.0 Å². The van der Waals surface area contributed by atoms with Crippen molar-refractivity contribution in [2.24, 2.45) is 5.10 Å². The number of hydrogen-bond acceptors (Lipinski definition) is 5. The summed E-state index contributed by atoms with van der Waals surface area (Å²) in [4.78, 5) is 2.17. The molecule has 22 heavy (non-hydrogen) atoms. The summed E-state index contributed by atoms with van der Waals surface area (Å²) in [6, 6.07) is 9.07. The first kappa shape index (κ1) is 15.8. The Hall–Kier alpha value is -2.54. The number of para-hydroxylation sites is 1. The monoisotopic (exact) mass is 320 g/mol. The van der Waals surface area contributed by atoms with E-state index in [0.29, 0.717) is 0 Å². The predicted octanol–water partition coefficient (Wildman–Crippen LogP) is 2.03. The lowest BCUT2D eigenvalue weighted by Crippen LogP contribution is -2.18. The molecule has 0 heterocycles. The first-order valence-corrected chi connectivity index (χ1v) is 7.92. The van der Waals surface area contributed by atoms with Crippen molar-refractivity contribution in [3.8, 4) is 11.5 Å². The van der Waals surface area contributed by atoms with Crippen LogP contribution in [0.15, 0.2) is 46.4 Å². The largest absolute Gasteiger partial charge is 0.504 e. The number of nitrogens with zero attached hydrogens (tertiary/aromatic N) is 1. The third kappa shape index (κ3) is 3.37. The molecule has 0 aliphatic carbocycles. The summed E-state index contributed by atoms with van der Waals surface area (Å²) >= 11 is 0. The molecule has 7 heteroatoms. The molecule has 0 radical (unpaired) electrons. The molecule has 0 saturated heterocycles. The average molecular weight is 320 g/mol. The molecule has 0 bridgehead atoms. The van der Waals surface area contributed by atoms with Crippen molar-refractivity contribution in [2.45, 2.75) is 18.7 Å². The lowest BCUT2D eigenvalue weighted by molar-refractivity contribution is 0.403. The zero-order valence-electron chi connectivity index (χ0n) is 12.1. The van der Waals surface area contributed by atoms with Crippen molar-refractivity contribution in [3.05, 3.63) is 53.1 Å². The standard InChI is InChI=1S/C15H16N2O4S/c1-10-6-7-13(8-11(10)2)22(20,21)17-16-9-12-4-3-5-14(18)15(12)19/h3-9,17-19H,1-2H3/b16-9+. The number of aryl methyl sites for hydroxylation is 2. The van der Waals surface area contributed by atoms with Gasteiger partial charge in [0.25, 0.3) is 10.0 Å². The van der Waals surface area contributed by atoms with Crippen LogP contribution in [0.3, 0.4) is 0 Å². The minimum atomic E-state index is -3.78. The van der Waals surface area contributed by atoms with Gasteiger partial charge in [0, 0.05) is 5.56 Å². The van der Waals surface area contributed by atoms with Crippen LogP contribution >= 0.6 is 0 Å². The quantitative estimate of drug-likeness (QED) is 0.456. The zero-order chi connectivity index (χ0) is 16.3. The third-order valence-electron chi connectivity index (χ3n) is 3.21. The Labute approximate surface area is 128 Å². The number of benzene rings is 2. The summed E-state index contributed by atoms with van der Waals surface area (Å²) in [5.74, 6) is -0.669. The number of hydrogen-bond donors (Lipinski definition) is 3. The second-order valence-corrected chi connectivity index (χ2v) is 6.47. The molecular weight excluding hydrogens is 304 g/mol. The van der Waals surface area contributed by atoms with Crippen molar-refractivity contribution in [1.29, 1.82) is 0 Å². The molecule has 0 aliphatic heterocycles. The molecule has 0 saturated carbocycles. The van der Waals surface area contributed by atoms with Gasteiger partial charge < -0.3 is 10.2 Å². The third-order valence-corrected chi connectivity index (χ3v) is 4.43. The molecule has 0 aliphatic rings. The number of phenols is 2. The molecule has 2 aromatic carbocycles. The lowest BCUT2D eigenvalue weighted by atomic mass is 10.1. The summed E-state index contributed by atoms with van der Waals surface area (Å²) in [6.45, 7) is 3.71. The van der Waals surface area contributed by atoms with Crippen molar-refractivity contribution in [2.75, 3.05) is 0 Å². The molecule has 0 aromatic heterocycles. The van der Waals surface area contributed by atoms with Gasteiger partial charge in [0.05, 0.1) is 11.1 Å². The van der Waals surface area contributed by atoms with E-state index in [0.717, 1.165) is 17.3 Å². The van der Waals surface area contributed by atoms with Crippen LogP contribution in [0, 0.1) is 13.8 Å². The molecule has 0 fully saturated rings. The molecule has 2 rings (SSSR count). The van der Waals surface area contributed by atoms with Gasteiger partial charge in [0.15, 0.2) is 11.5 Å². The Morgan fingerprint density at radius 3 is 2.50 bits per heavy atom. The topological polar surface area (TPSA) is 99.0 Å². The minimum Gasteiger partial charge on any atom is -0.504 e. The Morgan fingerprint density at radius 1 is 1.09 bits per heavy atom. The molecule has 3 N–H and O–H groups in total. The Morgan fingerprint density at radius 2 is 1.82 bits per heavy atom. The van der Waals surface area contributed by atoms with E-state index in [2.05, 4.69) is 9.93 Å². The fraction of sp³-hybridized carbons (Fsp3) is 0.133. The zero-order valence-corrected chi connectivity index (χ0v) is 12.9. The van der Waals surface area contributed by atoms with E-state index in [-0.39, 0.29) is 22.0 Å². The highest BCUT2D eigenvalue weighted by atomic mass is 32.2. The maximum atomic E-state index is 12.1. The van der Waals surface area contributed by atoms with Gasteiger partial charge in [0.2, 0.25) is 0 Å². The summed E-state index contributed by atoms with van der Waals surface area (Å²) in [5, 5.41) is 22.5. The van der Waals surface area contributed by atoms with Gasteiger partial charge in [-0.3, -0.25) is 0 Å². The summed E-state index contributed by atoms with van der Waals surface area (Å²) in [5.41, 5.74) is 2.05. The minimum absolute atomic E-state index is 0.105. The van der Waals surface area contributed by atoms with Crippen LogP contribution in [-0.4, -0.2) is 24.8 Å². The lowest BCUT2D eigenvalue weighted by Gasteiger charge is -2.06. The van der Waals surface area contributed by atoms with Crippen LogP contribution in [0.1, 0.15) is 16.7 Å². The number of phenolic OH excluding ortho intramolecular Hbond substituents is 2. The molecule has 6 nitrogen and oxygen atoms in total. The van der Waals surface area contributed by atoms with E-state index in [4.69, 9.17) is 0 Å². The van der Waals surface area contributed by atoms with E-state index in [1.54, 1.807) is 12.1 Å². The van der Waals surface area contributed by atoms with E-state index < -0.39 is 10.0 Å². The van der Waals surface area contributed by atoms with Crippen molar-refractivity contribution in [1.82, 2.24) is 4.83 Å². The first-order chi connectivity index (χ1) is 10.3. The Balaban J connectivity index is 2.20. The van der Waals surface area contributed by atoms with E-state index in [1.807, 2.05) is 13.8 Å². The van der Waals surface area contributed by atoms with Crippen LogP contribution in [0.2, 0.25) is 0 Å².